The highest BCUT2D eigenvalue weighted by Crippen LogP contribution is 2.11. The number of H-pyrrole nitrogens is 1. The number of carboxylic acids is 2. The van der Waals surface area contributed by atoms with Gasteiger partial charge in [-0.1, -0.05) is 18.2 Å². The Morgan fingerprint density at radius 2 is 1.84 bits per heavy atom. The van der Waals surface area contributed by atoms with Gasteiger partial charge in [0.15, 0.2) is 11.2 Å². The van der Waals surface area contributed by atoms with Gasteiger partial charge in [-0.15, -0.1) is 0 Å². The van der Waals surface area contributed by atoms with Crippen molar-refractivity contribution >= 4 is 47.1 Å². The van der Waals surface area contributed by atoms with Gasteiger partial charge in [-0.05, 0) is 30.2 Å². The summed E-state index contributed by atoms with van der Waals surface area (Å²) < 4.78 is 0. The highest BCUT2D eigenvalue weighted by Gasteiger charge is 2.21. The van der Waals surface area contributed by atoms with E-state index in [0.717, 1.165) is 0 Å². The summed E-state index contributed by atoms with van der Waals surface area (Å²) in [4.78, 5) is 60.5. The molecule has 3 aromatic rings. The van der Waals surface area contributed by atoms with Crippen molar-refractivity contribution in [2.75, 3.05) is 5.73 Å². The number of hydrogen-bond donors (Lipinski definition) is 5. The van der Waals surface area contributed by atoms with Crippen molar-refractivity contribution in [1.29, 1.82) is 0 Å². The van der Waals surface area contributed by atoms with Crippen molar-refractivity contribution in [2.24, 2.45) is 0 Å². The van der Waals surface area contributed by atoms with E-state index < -0.39 is 29.4 Å². The molecule has 6 N–H and O–H groups in total. The molecule has 0 aliphatic carbocycles. The molecule has 2 heterocycles. The first-order valence-electron chi connectivity index (χ1n) is 9.29. The number of carbonyl (C=O) groups is 3. The van der Waals surface area contributed by atoms with Crippen LogP contribution in [0, 0.1) is 0 Å². The molecule has 1 amide bonds. The maximum atomic E-state index is 12.3. The maximum Gasteiger partial charge on any atom is 0.326 e. The van der Waals surface area contributed by atoms with Crippen LogP contribution in [0.25, 0.3) is 23.3 Å². The van der Waals surface area contributed by atoms with Crippen LogP contribution in [0.2, 0.25) is 0 Å². The standard InChI is InChI=1S/C20H18N6O6/c21-20-25-16-15(18(30)26-20)23-12(9-22-16)6-3-10-1-4-11(5-2-10)17(29)24-13(19(31)32)7-8-14(27)28/h1-6,9,13H,7-8H2,(H,24,29)(H,27,28)(H,31,32)(H3,21,22,25,26,30)/t13-/m0/s1. The lowest BCUT2D eigenvalue weighted by Crippen LogP contribution is -2.41. The van der Waals surface area contributed by atoms with Gasteiger partial charge in [0.05, 0.1) is 11.9 Å². The molecule has 0 aliphatic rings. The number of nitrogen functional groups attached to an aromatic ring is 1. The summed E-state index contributed by atoms with van der Waals surface area (Å²) in [5.41, 5.74) is 6.45. The van der Waals surface area contributed by atoms with Crippen LogP contribution in [0.5, 0.6) is 0 Å². The Hall–Kier alpha value is -4.61. The monoisotopic (exact) mass is 438 g/mol. The number of benzene rings is 1. The number of nitrogens with one attached hydrogen (secondary N) is 2. The van der Waals surface area contributed by atoms with Crippen molar-refractivity contribution in [3.8, 4) is 0 Å². The lowest BCUT2D eigenvalue weighted by molar-refractivity contribution is -0.140. The van der Waals surface area contributed by atoms with Gasteiger partial charge in [0.1, 0.15) is 6.04 Å². The van der Waals surface area contributed by atoms with E-state index in [1.165, 1.54) is 18.3 Å². The van der Waals surface area contributed by atoms with Gasteiger partial charge in [-0.2, -0.15) is 4.98 Å². The molecule has 0 fully saturated rings. The molecule has 12 heteroatoms. The predicted octanol–water partition coefficient (Wildman–Crippen LogP) is 0.513. The van der Waals surface area contributed by atoms with Gasteiger partial charge < -0.3 is 21.3 Å². The molecular weight excluding hydrogens is 420 g/mol. The molecule has 0 saturated heterocycles. The molecule has 3 rings (SSSR count). The average Bonchev–Trinajstić information content (AvgIpc) is 2.75. The number of amides is 1. The number of anilines is 1. The number of aromatic nitrogens is 4. The first-order valence-corrected chi connectivity index (χ1v) is 9.29. The molecular formula is C20H18N6O6. The zero-order valence-corrected chi connectivity index (χ0v) is 16.5. The minimum atomic E-state index is -1.31. The lowest BCUT2D eigenvalue weighted by atomic mass is 10.1. The topological polar surface area (TPSA) is 201 Å². The van der Waals surface area contributed by atoms with Crippen molar-refractivity contribution in [3.63, 3.8) is 0 Å². The molecule has 1 atom stereocenters. The second-order valence-corrected chi connectivity index (χ2v) is 6.67. The fourth-order valence-electron chi connectivity index (χ4n) is 2.72. The highest BCUT2D eigenvalue weighted by atomic mass is 16.4. The summed E-state index contributed by atoms with van der Waals surface area (Å²) in [5, 5.41) is 20.1. The zero-order valence-electron chi connectivity index (χ0n) is 16.5. The van der Waals surface area contributed by atoms with E-state index >= 15 is 0 Å². The van der Waals surface area contributed by atoms with Crippen LogP contribution in [-0.2, 0) is 9.59 Å². The number of nitrogens with zero attached hydrogens (tertiary/aromatic N) is 3. The normalized spacial score (nSPS) is 12.0. The van der Waals surface area contributed by atoms with Crippen LogP contribution in [0.4, 0.5) is 5.95 Å². The van der Waals surface area contributed by atoms with E-state index in [2.05, 4.69) is 25.3 Å². The van der Waals surface area contributed by atoms with Crippen LogP contribution in [-0.4, -0.2) is 54.0 Å². The summed E-state index contributed by atoms with van der Waals surface area (Å²) in [6, 6.07) is 4.94. The molecule has 1 aromatic carbocycles. The summed E-state index contributed by atoms with van der Waals surface area (Å²) in [7, 11) is 0. The predicted molar refractivity (Wildman–Crippen MR) is 113 cm³/mol. The molecule has 0 saturated carbocycles. The van der Waals surface area contributed by atoms with Gasteiger partial charge in [-0.25, -0.2) is 14.8 Å². The molecule has 2 aromatic heterocycles. The van der Waals surface area contributed by atoms with Crippen LogP contribution < -0.4 is 16.6 Å². The van der Waals surface area contributed by atoms with Gasteiger partial charge in [0.25, 0.3) is 11.5 Å². The van der Waals surface area contributed by atoms with Gasteiger partial charge in [-0.3, -0.25) is 19.4 Å². The van der Waals surface area contributed by atoms with Crippen LogP contribution in [0.1, 0.15) is 34.5 Å². The van der Waals surface area contributed by atoms with E-state index in [4.69, 9.17) is 15.9 Å². The van der Waals surface area contributed by atoms with Crippen molar-refractivity contribution < 1.29 is 24.6 Å². The number of carbonyl (C=O) groups excluding carboxylic acids is 1. The molecule has 0 aliphatic heterocycles. The third-order valence-electron chi connectivity index (χ3n) is 4.32. The van der Waals surface area contributed by atoms with E-state index in [9.17, 15) is 19.2 Å². The van der Waals surface area contributed by atoms with Crippen molar-refractivity contribution in [3.05, 3.63) is 57.6 Å². The van der Waals surface area contributed by atoms with Gasteiger partial charge in [0.2, 0.25) is 5.95 Å². The number of aromatic amines is 1. The molecule has 0 unspecified atom stereocenters. The summed E-state index contributed by atoms with van der Waals surface area (Å²) in [6.45, 7) is 0. The van der Waals surface area contributed by atoms with Crippen molar-refractivity contribution in [2.45, 2.75) is 18.9 Å². The van der Waals surface area contributed by atoms with Gasteiger partial charge in [0, 0.05) is 12.0 Å². The third kappa shape index (κ3) is 5.50. The Morgan fingerprint density at radius 1 is 1.12 bits per heavy atom. The Balaban J connectivity index is 1.70. The number of nitrogens with two attached hydrogens (primary N) is 1. The molecule has 0 radical (unpaired) electrons. The lowest BCUT2D eigenvalue weighted by Gasteiger charge is -2.13. The molecule has 164 valence electrons. The van der Waals surface area contributed by atoms with Crippen LogP contribution in [0.3, 0.4) is 0 Å². The Morgan fingerprint density at radius 3 is 2.50 bits per heavy atom. The largest absolute Gasteiger partial charge is 0.481 e. The minimum absolute atomic E-state index is 0.0456. The van der Waals surface area contributed by atoms with Crippen LogP contribution >= 0.6 is 0 Å². The summed E-state index contributed by atoms with van der Waals surface area (Å²) in [6.07, 6.45) is 4.12. The number of hydrogen-bond acceptors (Lipinski definition) is 8. The van der Waals surface area contributed by atoms with E-state index in [-0.39, 0.29) is 35.5 Å². The molecule has 0 spiro atoms. The number of rotatable bonds is 8. The first-order chi connectivity index (χ1) is 15.2. The molecule has 0 bridgehead atoms. The summed E-state index contributed by atoms with van der Waals surface area (Å²) >= 11 is 0. The minimum Gasteiger partial charge on any atom is -0.481 e. The van der Waals surface area contributed by atoms with Gasteiger partial charge >= 0.3 is 11.9 Å². The van der Waals surface area contributed by atoms with Crippen LogP contribution in [0.15, 0.2) is 35.3 Å². The SMILES string of the molecule is Nc1nc2ncc(C=Cc3ccc(C(=O)N[C@@H](CCC(=O)O)C(=O)O)cc3)nc2c(=O)[nH]1. The first kappa shape index (κ1) is 22.1. The zero-order chi connectivity index (χ0) is 23.3. The highest BCUT2D eigenvalue weighted by molar-refractivity contribution is 5.96. The van der Waals surface area contributed by atoms with E-state index in [0.29, 0.717) is 11.3 Å². The average molecular weight is 438 g/mol. The second-order valence-electron chi connectivity index (χ2n) is 6.67. The maximum absolute atomic E-state index is 12.3. The second kappa shape index (κ2) is 9.47. The smallest absolute Gasteiger partial charge is 0.326 e. The Kier molecular flexibility index (Phi) is 6.53. The third-order valence-corrected chi connectivity index (χ3v) is 4.32. The fraction of sp³-hybridized carbons (Fsp3) is 0.150. The fourth-order valence-corrected chi connectivity index (χ4v) is 2.72. The number of carboxylic acid groups (broad SMARTS) is 2. The van der Waals surface area contributed by atoms with E-state index in [1.54, 1.807) is 24.3 Å². The van der Waals surface area contributed by atoms with E-state index in [1.807, 2.05) is 0 Å². The van der Waals surface area contributed by atoms with Crippen molar-refractivity contribution in [1.82, 2.24) is 25.3 Å². The quantitative estimate of drug-likeness (QED) is 0.330. The Labute approximate surface area is 179 Å². The summed E-state index contributed by atoms with van der Waals surface area (Å²) in [5.74, 6) is -3.15. The number of fused-ring (bicyclic) bond motifs is 1. The number of aliphatic carboxylic acids is 2. The molecule has 12 nitrogen and oxygen atoms in total. The molecule has 32 heavy (non-hydrogen) atoms. The Bertz CT molecular complexity index is 1270.